The highest BCUT2D eigenvalue weighted by Crippen LogP contribution is 2.33. The number of piperidine rings is 2. The SMILES string of the molecule is O=C(N[C@@H]1CCCc2ccccc21)c1ccc(N2CCCCC2)c(S(=O)(=O)N2CCCCC2)c1. The van der Waals surface area contributed by atoms with E-state index >= 15 is 0 Å². The van der Waals surface area contributed by atoms with Crippen molar-refractivity contribution < 1.29 is 13.2 Å². The van der Waals surface area contributed by atoms with Crippen LogP contribution in [0.15, 0.2) is 47.4 Å². The quantitative estimate of drug-likeness (QED) is 0.674. The number of rotatable bonds is 5. The minimum atomic E-state index is -3.67. The zero-order valence-electron chi connectivity index (χ0n) is 19.8. The number of amides is 1. The Balaban J connectivity index is 1.46. The minimum Gasteiger partial charge on any atom is -0.370 e. The maximum Gasteiger partial charge on any atom is 0.251 e. The van der Waals surface area contributed by atoms with Crippen LogP contribution in [-0.4, -0.2) is 44.8 Å². The maximum absolute atomic E-state index is 13.7. The molecule has 182 valence electrons. The van der Waals surface area contributed by atoms with Crippen LogP contribution in [0.5, 0.6) is 0 Å². The summed E-state index contributed by atoms with van der Waals surface area (Å²) < 4.78 is 29.1. The summed E-state index contributed by atoms with van der Waals surface area (Å²) in [4.78, 5) is 15.8. The van der Waals surface area contributed by atoms with Gasteiger partial charge in [0.05, 0.1) is 11.7 Å². The number of benzene rings is 2. The standard InChI is InChI=1S/C27H35N3O3S/c31-27(28-24-13-9-11-21-10-3-4-12-23(21)24)22-14-15-25(29-16-5-1-6-17-29)26(20-22)34(32,33)30-18-7-2-8-19-30/h3-4,10,12,14-15,20,24H,1-2,5-9,11,13,16-19H2,(H,28,31)/t24-/m1/s1. The lowest BCUT2D eigenvalue weighted by molar-refractivity contribution is 0.0932. The molecule has 7 heteroatoms. The molecule has 5 rings (SSSR count). The van der Waals surface area contributed by atoms with Crippen LogP contribution in [0.2, 0.25) is 0 Å². The summed E-state index contributed by atoms with van der Waals surface area (Å²) in [7, 11) is -3.67. The second-order valence-corrected chi connectivity index (χ2v) is 11.7. The topological polar surface area (TPSA) is 69.7 Å². The lowest BCUT2D eigenvalue weighted by Gasteiger charge is -2.33. The van der Waals surface area contributed by atoms with Crippen LogP contribution < -0.4 is 10.2 Å². The summed E-state index contributed by atoms with van der Waals surface area (Å²) in [6.45, 7) is 2.81. The van der Waals surface area contributed by atoms with E-state index in [0.717, 1.165) is 70.1 Å². The van der Waals surface area contributed by atoms with Gasteiger partial charge in [0.2, 0.25) is 10.0 Å². The zero-order chi connectivity index (χ0) is 23.5. The van der Waals surface area contributed by atoms with Gasteiger partial charge in [-0.15, -0.1) is 0 Å². The first-order chi connectivity index (χ1) is 16.5. The Bertz CT molecular complexity index is 1140. The molecule has 0 aromatic heterocycles. The predicted octanol–water partition coefficient (Wildman–Crippen LogP) is 4.66. The number of fused-ring (bicyclic) bond motifs is 1. The Morgan fingerprint density at radius 3 is 2.32 bits per heavy atom. The molecule has 2 aromatic carbocycles. The number of hydrogen-bond acceptors (Lipinski definition) is 4. The molecule has 1 amide bonds. The Kier molecular flexibility index (Phi) is 6.93. The molecular weight excluding hydrogens is 446 g/mol. The number of aryl methyl sites for hydroxylation is 1. The molecule has 0 radical (unpaired) electrons. The lowest BCUT2D eigenvalue weighted by atomic mass is 9.87. The molecule has 2 aromatic rings. The lowest BCUT2D eigenvalue weighted by Crippen LogP contribution is -2.38. The van der Waals surface area contributed by atoms with Crippen molar-refractivity contribution in [2.75, 3.05) is 31.1 Å². The number of nitrogens with one attached hydrogen (secondary N) is 1. The van der Waals surface area contributed by atoms with Gasteiger partial charge in [0.15, 0.2) is 0 Å². The van der Waals surface area contributed by atoms with E-state index in [4.69, 9.17) is 0 Å². The van der Waals surface area contributed by atoms with Crippen molar-refractivity contribution in [3.8, 4) is 0 Å². The molecule has 2 aliphatic heterocycles. The molecule has 1 N–H and O–H groups in total. The van der Waals surface area contributed by atoms with Crippen LogP contribution in [0.3, 0.4) is 0 Å². The van der Waals surface area contributed by atoms with Crippen LogP contribution in [0.25, 0.3) is 0 Å². The van der Waals surface area contributed by atoms with Crippen LogP contribution >= 0.6 is 0 Å². The van der Waals surface area contributed by atoms with E-state index < -0.39 is 10.0 Å². The zero-order valence-corrected chi connectivity index (χ0v) is 20.7. The summed E-state index contributed by atoms with van der Waals surface area (Å²) in [6.07, 6.45) is 9.10. The van der Waals surface area contributed by atoms with E-state index in [1.165, 1.54) is 17.5 Å². The summed E-state index contributed by atoms with van der Waals surface area (Å²) in [5.74, 6) is -0.206. The average Bonchev–Trinajstić information content (AvgIpc) is 2.89. The fraction of sp³-hybridized carbons (Fsp3) is 0.519. The molecule has 2 saturated heterocycles. The van der Waals surface area contributed by atoms with Crippen molar-refractivity contribution in [2.45, 2.75) is 68.7 Å². The predicted molar refractivity (Wildman–Crippen MR) is 135 cm³/mol. The summed E-state index contributed by atoms with van der Waals surface area (Å²) in [6, 6.07) is 13.5. The summed E-state index contributed by atoms with van der Waals surface area (Å²) >= 11 is 0. The smallest absolute Gasteiger partial charge is 0.251 e. The van der Waals surface area contributed by atoms with Crippen LogP contribution in [0.4, 0.5) is 5.69 Å². The first-order valence-corrected chi connectivity index (χ1v) is 14.3. The monoisotopic (exact) mass is 481 g/mol. The van der Waals surface area contributed by atoms with Crippen molar-refractivity contribution in [2.24, 2.45) is 0 Å². The minimum absolute atomic E-state index is 0.0404. The molecule has 6 nitrogen and oxygen atoms in total. The van der Waals surface area contributed by atoms with E-state index in [9.17, 15) is 13.2 Å². The molecule has 1 aliphatic carbocycles. The Labute approximate surface area is 203 Å². The van der Waals surface area contributed by atoms with E-state index in [2.05, 4.69) is 22.3 Å². The highest BCUT2D eigenvalue weighted by Gasteiger charge is 2.31. The van der Waals surface area contributed by atoms with Gasteiger partial charge in [-0.1, -0.05) is 30.7 Å². The van der Waals surface area contributed by atoms with Gasteiger partial charge in [-0.3, -0.25) is 4.79 Å². The van der Waals surface area contributed by atoms with Crippen molar-refractivity contribution in [3.05, 3.63) is 59.2 Å². The van der Waals surface area contributed by atoms with Gasteiger partial charge >= 0.3 is 0 Å². The van der Waals surface area contributed by atoms with E-state index in [1.54, 1.807) is 16.4 Å². The summed E-state index contributed by atoms with van der Waals surface area (Å²) in [5, 5.41) is 3.19. The highest BCUT2D eigenvalue weighted by atomic mass is 32.2. The van der Waals surface area contributed by atoms with Gasteiger partial charge in [0.25, 0.3) is 5.91 Å². The Morgan fingerprint density at radius 2 is 1.56 bits per heavy atom. The number of anilines is 1. The molecular formula is C27H35N3O3S. The molecule has 0 unspecified atom stereocenters. The normalized spacial score (nSPS) is 21.6. The number of nitrogens with zero attached hydrogens (tertiary/aromatic N) is 2. The number of sulfonamides is 1. The highest BCUT2D eigenvalue weighted by molar-refractivity contribution is 7.89. The third-order valence-electron chi connectivity index (χ3n) is 7.53. The second kappa shape index (κ2) is 10.1. The largest absolute Gasteiger partial charge is 0.370 e. The number of carbonyl (C=O) groups excluding carboxylic acids is 1. The first-order valence-electron chi connectivity index (χ1n) is 12.8. The molecule has 0 bridgehead atoms. The van der Waals surface area contributed by atoms with Crippen LogP contribution in [-0.2, 0) is 16.4 Å². The molecule has 2 heterocycles. The molecule has 0 saturated carbocycles. The van der Waals surface area contributed by atoms with Gasteiger partial charge in [-0.05, 0) is 80.7 Å². The second-order valence-electron chi connectivity index (χ2n) is 9.81. The molecule has 0 spiro atoms. The van der Waals surface area contributed by atoms with E-state index in [1.807, 2.05) is 18.2 Å². The van der Waals surface area contributed by atoms with Gasteiger partial charge in [-0.25, -0.2) is 8.42 Å². The fourth-order valence-electron chi connectivity index (χ4n) is 5.65. The van der Waals surface area contributed by atoms with Gasteiger partial charge in [0.1, 0.15) is 4.90 Å². The Morgan fingerprint density at radius 1 is 0.853 bits per heavy atom. The molecule has 34 heavy (non-hydrogen) atoms. The van der Waals surface area contributed by atoms with Gasteiger partial charge < -0.3 is 10.2 Å². The first kappa shape index (κ1) is 23.4. The molecule has 3 aliphatic rings. The van der Waals surface area contributed by atoms with E-state index in [0.29, 0.717) is 18.7 Å². The molecule has 1 atom stereocenters. The summed E-state index contributed by atoms with van der Waals surface area (Å²) in [5.41, 5.74) is 3.62. The van der Waals surface area contributed by atoms with Gasteiger partial charge in [-0.2, -0.15) is 4.31 Å². The third kappa shape index (κ3) is 4.73. The fourth-order valence-corrected chi connectivity index (χ4v) is 7.40. The third-order valence-corrected chi connectivity index (χ3v) is 9.45. The molecule has 2 fully saturated rings. The average molecular weight is 482 g/mol. The van der Waals surface area contributed by atoms with Crippen LogP contribution in [0, 0.1) is 0 Å². The number of carbonyl (C=O) groups is 1. The maximum atomic E-state index is 13.7. The van der Waals surface area contributed by atoms with Crippen LogP contribution in [0.1, 0.15) is 78.9 Å². The number of hydrogen-bond donors (Lipinski definition) is 1. The van der Waals surface area contributed by atoms with Crippen molar-refractivity contribution in [1.82, 2.24) is 9.62 Å². The Hall–Kier alpha value is -2.38. The van der Waals surface area contributed by atoms with Gasteiger partial charge in [0, 0.05) is 31.7 Å². The van der Waals surface area contributed by atoms with E-state index in [-0.39, 0.29) is 16.8 Å². The van der Waals surface area contributed by atoms with Crippen molar-refractivity contribution in [1.29, 1.82) is 0 Å². The van der Waals surface area contributed by atoms with Crippen molar-refractivity contribution in [3.63, 3.8) is 0 Å². The van der Waals surface area contributed by atoms with Crippen molar-refractivity contribution >= 4 is 21.6 Å².